The Hall–Kier alpha value is -2.28. The molecule has 1 aromatic heterocycles. The molecule has 0 atom stereocenters. The number of hydrogen-bond acceptors (Lipinski definition) is 5. The van der Waals surface area contributed by atoms with E-state index in [2.05, 4.69) is 20.4 Å². The van der Waals surface area contributed by atoms with E-state index in [4.69, 9.17) is 9.84 Å². The van der Waals surface area contributed by atoms with Crippen molar-refractivity contribution in [3.63, 3.8) is 0 Å². The van der Waals surface area contributed by atoms with Crippen LogP contribution >= 0.6 is 0 Å². The second-order valence-corrected chi connectivity index (χ2v) is 3.72. The summed E-state index contributed by atoms with van der Waals surface area (Å²) in [7, 11) is 0. The molecule has 0 aliphatic rings. The van der Waals surface area contributed by atoms with E-state index in [1.54, 1.807) is 10.9 Å². The lowest BCUT2D eigenvalue weighted by atomic mass is 10.3. The molecule has 0 radical (unpaired) electrons. The lowest BCUT2D eigenvalue weighted by Crippen LogP contribution is -2.33. The van der Waals surface area contributed by atoms with E-state index < -0.39 is 0 Å². The number of rotatable bonds is 6. The third-order valence-electron chi connectivity index (χ3n) is 2.38. The molecule has 1 heterocycles. The summed E-state index contributed by atoms with van der Waals surface area (Å²) < 4.78 is 7.02. The Labute approximate surface area is 110 Å². The van der Waals surface area contributed by atoms with Gasteiger partial charge in [-0.15, -0.1) is 5.10 Å². The molecule has 1 aromatic carbocycles. The van der Waals surface area contributed by atoms with Crippen LogP contribution < -0.4 is 9.30 Å². The van der Waals surface area contributed by atoms with Crippen molar-refractivity contribution >= 4 is 11.6 Å². The molecule has 0 saturated carbocycles. The average Bonchev–Trinajstić information content (AvgIpc) is 2.86. The van der Waals surface area contributed by atoms with Gasteiger partial charge in [-0.2, -0.15) is 0 Å². The minimum atomic E-state index is 0.0236. The Morgan fingerprint density at radius 3 is 2.79 bits per heavy atom. The number of aliphatic hydroxyl groups is 1. The van der Waals surface area contributed by atoms with E-state index in [9.17, 15) is 0 Å². The number of aromatic amines is 1. The first-order valence-corrected chi connectivity index (χ1v) is 6.01. The molecule has 0 bridgehead atoms. The van der Waals surface area contributed by atoms with Gasteiger partial charge in [0.2, 0.25) is 6.33 Å². The Bertz CT molecular complexity index is 535. The van der Waals surface area contributed by atoms with Gasteiger partial charge in [0.05, 0.1) is 25.4 Å². The minimum Gasteiger partial charge on any atom is -0.494 e. The average molecular weight is 262 g/mol. The normalized spacial score (nSPS) is 11.1. The summed E-state index contributed by atoms with van der Waals surface area (Å²) in [5.74, 6) is 1.29. The third kappa shape index (κ3) is 3.59. The minimum absolute atomic E-state index is 0.0236. The Morgan fingerprint density at radius 1 is 1.32 bits per heavy atom. The maximum Gasteiger partial charge on any atom is 0.401 e. The predicted molar refractivity (Wildman–Crippen MR) is 67.7 cm³/mol. The van der Waals surface area contributed by atoms with Crippen LogP contribution in [0.4, 0.5) is 11.6 Å². The van der Waals surface area contributed by atoms with Crippen LogP contribution in [0.2, 0.25) is 0 Å². The molecule has 0 unspecified atom stereocenters. The summed E-state index contributed by atoms with van der Waals surface area (Å²) in [4.78, 5) is 0. The molecule has 7 nitrogen and oxygen atoms in total. The van der Waals surface area contributed by atoms with Crippen LogP contribution in [-0.4, -0.2) is 28.5 Å². The molecule has 0 aliphatic carbocycles. The molecule has 100 valence electrons. The molecule has 0 aliphatic heterocycles. The lowest BCUT2D eigenvalue weighted by molar-refractivity contribution is -0.685. The van der Waals surface area contributed by atoms with Crippen molar-refractivity contribution in [1.82, 2.24) is 10.2 Å². The van der Waals surface area contributed by atoms with Gasteiger partial charge in [-0.05, 0) is 36.3 Å². The van der Waals surface area contributed by atoms with Crippen LogP contribution in [0.1, 0.15) is 6.92 Å². The van der Waals surface area contributed by atoms with Crippen molar-refractivity contribution in [1.29, 1.82) is 0 Å². The molecule has 2 N–H and O–H groups in total. The summed E-state index contributed by atoms with van der Waals surface area (Å²) in [6.45, 7) is 3.02. The van der Waals surface area contributed by atoms with Gasteiger partial charge in [0.1, 0.15) is 5.75 Å². The highest BCUT2D eigenvalue weighted by atomic mass is 16.5. The summed E-state index contributed by atoms with van der Waals surface area (Å²) in [6, 6.07) is 7.32. The van der Waals surface area contributed by atoms with Crippen molar-refractivity contribution in [3.8, 4) is 5.75 Å². The Morgan fingerprint density at radius 2 is 2.11 bits per heavy atom. The highest BCUT2D eigenvalue weighted by Crippen LogP contribution is 2.19. The second kappa shape index (κ2) is 6.60. The number of nitrogens with zero attached hydrogens (tertiary/aromatic N) is 4. The van der Waals surface area contributed by atoms with Crippen LogP contribution in [0.15, 0.2) is 40.8 Å². The fourth-order valence-corrected chi connectivity index (χ4v) is 1.51. The number of nitrogens with one attached hydrogen (secondary N) is 1. The van der Waals surface area contributed by atoms with E-state index in [0.717, 1.165) is 5.75 Å². The van der Waals surface area contributed by atoms with Gasteiger partial charge in [-0.3, -0.25) is 0 Å². The number of azo groups is 1. The van der Waals surface area contributed by atoms with E-state index in [1.165, 1.54) is 0 Å². The van der Waals surface area contributed by atoms with Gasteiger partial charge in [-0.1, -0.05) is 5.11 Å². The first-order chi connectivity index (χ1) is 9.33. The van der Waals surface area contributed by atoms with Gasteiger partial charge in [0.25, 0.3) is 0 Å². The van der Waals surface area contributed by atoms with Crippen LogP contribution in [-0.2, 0) is 6.54 Å². The molecule has 2 aromatic rings. The van der Waals surface area contributed by atoms with Crippen LogP contribution in [0, 0.1) is 0 Å². The topological polar surface area (TPSA) is 86.7 Å². The van der Waals surface area contributed by atoms with Gasteiger partial charge in [0, 0.05) is 5.11 Å². The summed E-state index contributed by atoms with van der Waals surface area (Å²) in [5.41, 5.74) is 0.716. The number of benzene rings is 1. The smallest absolute Gasteiger partial charge is 0.401 e. The third-order valence-corrected chi connectivity index (χ3v) is 2.38. The number of ether oxygens (including phenoxy) is 1. The van der Waals surface area contributed by atoms with Crippen LogP contribution in [0.3, 0.4) is 0 Å². The standard InChI is InChI=1S/C12H15N5O2/c1-2-19-11-5-3-10(4-6-11)14-16-12-15-13-9-17(12)7-8-18/h3-6,9,18H,2,7-8H2,1H3/p+1. The quantitative estimate of drug-likeness (QED) is 0.611. The first-order valence-electron chi connectivity index (χ1n) is 6.01. The zero-order valence-electron chi connectivity index (χ0n) is 10.7. The number of H-pyrrole nitrogens is 1. The maximum atomic E-state index is 8.88. The van der Waals surface area contributed by atoms with Gasteiger partial charge >= 0.3 is 5.95 Å². The van der Waals surface area contributed by atoms with Crippen LogP contribution in [0.5, 0.6) is 5.75 Å². The van der Waals surface area contributed by atoms with Crippen molar-refractivity contribution in [2.24, 2.45) is 10.2 Å². The second-order valence-electron chi connectivity index (χ2n) is 3.72. The van der Waals surface area contributed by atoms with E-state index in [-0.39, 0.29) is 6.61 Å². The molecule has 7 heteroatoms. The van der Waals surface area contributed by atoms with E-state index in [1.807, 2.05) is 31.2 Å². The first kappa shape index (κ1) is 13.2. The van der Waals surface area contributed by atoms with Crippen LogP contribution in [0.25, 0.3) is 0 Å². The predicted octanol–water partition coefficient (Wildman–Crippen LogP) is 1.50. The molecule has 0 amide bonds. The molecule has 19 heavy (non-hydrogen) atoms. The fraction of sp³-hybridized carbons (Fsp3) is 0.333. The highest BCUT2D eigenvalue weighted by molar-refractivity contribution is 5.40. The van der Waals surface area contributed by atoms with Gasteiger partial charge < -0.3 is 9.84 Å². The largest absolute Gasteiger partial charge is 0.494 e. The fourth-order valence-electron chi connectivity index (χ4n) is 1.51. The Kier molecular flexibility index (Phi) is 4.57. The molecule has 2 rings (SSSR count). The SMILES string of the molecule is CCOc1ccc(N=Nc2[nH]nc[n+]2CCO)cc1. The number of hydrogen-bond donors (Lipinski definition) is 2. The molecule has 0 spiro atoms. The number of aromatic nitrogens is 3. The zero-order valence-corrected chi connectivity index (χ0v) is 10.7. The summed E-state index contributed by atoms with van der Waals surface area (Å²) in [6.07, 6.45) is 1.56. The summed E-state index contributed by atoms with van der Waals surface area (Å²) in [5, 5.41) is 23.6. The highest BCUT2D eigenvalue weighted by Gasteiger charge is 2.09. The zero-order chi connectivity index (χ0) is 13.5. The Balaban J connectivity index is 2.07. The lowest BCUT2D eigenvalue weighted by Gasteiger charge is -2.00. The van der Waals surface area contributed by atoms with E-state index >= 15 is 0 Å². The summed E-state index contributed by atoms with van der Waals surface area (Å²) >= 11 is 0. The molecule has 0 saturated heterocycles. The number of aliphatic hydroxyl groups excluding tert-OH is 1. The monoisotopic (exact) mass is 262 g/mol. The van der Waals surface area contributed by atoms with Crippen molar-refractivity contribution in [2.45, 2.75) is 13.5 Å². The molecular weight excluding hydrogens is 246 g/mol. The molecule has 0 fully saturated rings. The van der Waals surface area contributed by atoms with E-state index in [0.29, 0.717) is 24.8 Å². The molecular formula is C12H16N5O2+. The van der Waals surface area contributed by atoms with Crippen molar-refractivity contribution < 1.29 is 14.4 Å². The van der Waals surface area contributed by atoms with Gasteiger partial charge in [0.15, 0.2) is 0 Å². The maximum absolute atomic E-state index is 8.88. The van der Waals surface area contributed by atoms with Crippen molar-refractivity contribution in [2.75, 3.05) is 13.2 Å². The van der Waals surface area contributed by atoms with Gasteiger partial charge in [-0.25, -0.2) is 4.57 Å². The van der Waals surface area contributed by atoms with Crippen molar-refractivity contribution in [3.05, 3.63) is 30.6 Å².